The molecule has 1 aromatic rings. The van der Waals surface area contributed by atoms with Gasteiger partial charge in [0.1, 0.15) is 0 Å². The number of nitrogens with one attached hydrogen (secondary N) is 1. The zero-order chi connectivity index (χ0) is 13.1. The lowest BCUT2D eigenvalue weighted by molar-refractivity contribution is -0.384. The zero-order valence-electron chi connectivity index (χ0n) is 9.93. The van der Waals surface area contributed by atoms with Crippen molar-refractivity contribution in [2.45, 2.75) is 31.9 Å². The molecule has 0 aromatic carbocycles. The van der Waals surface area contributed by atoms with Crippen molar-refractivity contribution in [2.24, 2.45) is 0 Å². The van der Waals surface area contributed by atoms with Gasteiger partial charge in [-0.15, -0.1) is 0 Å². The number of rotatable bonds is 5. The molecule has 0 radical (unpaired) electrons. The predicted molar refractivity (Wildman–Crippen MR) is 68.0 cm³/mol. The van der Waals surface area contributed by atoms with Crippen molar-refractivity contribution in [1.29, 1.82) is 0 Å². The van der Waals surface area contributed by atoms with Gasteiger partial charge in [0, 0.05) is 24.9 Å². The monoisotopic (exact) mass is 271 g/mol. The van der Waals surface area contributed by atoms with Crippen LogP contribution in [-0.4, -0.2) is 28.7 Å². The van der Waals surface area contributed by atoms with Crippen LogP contribution in [0.3, 0.4) is 0 Å². The summed E-state index contributed by atoms with van der Waals surface area (Å²) >= 11 is 5.69. The second kappa shape index (κ2) is 5.49. The minimum atomic E-state index is -0.486. The molecule has 0 aliphatic heterocycles. The van der Waals surface area contributed by atoms with E-state index >= 15 is 0 Å². The first-order chi connectivity index (χ1) is 8.60. The van der Waals surface area contributed by atoms with Crippen molar-refractivity contribution in [1.82, 2.24) is 4.98 Å². The Kier molecular flexibility index (Phi) is 3.98. The van der Waals surface area contributed by atoms with E-state index in [-0.39, 0.29) is 28.7 Å². The topological polar surface area (TPSA) is 77.3 Å². The number of aromatic nitrogens is 1. The van der Waals surface area contributed by atoms with E-state index in [4.69, 9.17) is 16.3 Å². The molecule has 1 N–H and O–H groups in total. The van der Waals surface area contributed by atoms with Crippen molar-refractivity contribution in [3.05, 3.63) is 27.4 Å². The molecule has 1 heterocycles. The summed E-state index contributed by atoms with van der Waals surface area (Å²) in [5.74, 6) is 0.268. The molecule has 98 valence electrons. The van der Waals surface area contributed by atoms with E-state index < -0.39 is 4.92 Å². The fourth-order valence-electron chi connectivity index (χ4n) is 1.93. The SMILES string of the molecule is CCOC1CC(Nc2ncc(Cl)cc2[N+](=O)[O-])C1. The van der Waals surface area contributed by atoms with Gasteiger partial charge in [0.25, 0.3) is 0 Å². The number of pyridine rings is 1. The van der Waals surface area contributed by atoms with Gasteiger partial charge in [-0.05, 0) is 19.8 Å². The average Bonchev–Trinajstić information content (AvgIpc) is 2.28. The van der Waals surface area contributed by atoms with Gasteiger partial charge in [0.2, 0.25) is 5.82 Å². The fraction of sp³-hybridized carbons (Fsp3) is 0.545. The summed E-state index contributed by atoms with van der Waals surface area (Å²) < 4.78 is 5.43. The van der Waals surface area contributed by atoms with E-state index in [1.54, 1.807) is 0 Å². The number of nitro groups is 1. The van der Waals surface area contributed by atoms with Crippen molar-refractivity contribution < 1.29 is 9.66 Å². The second-order valence-corrected chi connectivity index (χ2v) is 4.60. The first kappa shape index (κ1) is 13.0. The first-order valence-electron chi connectivity index (χ1n) is 5.78. The van der Waals surface area contributed by atoms with Crippen LogP contribution in [0.25, 0.3) is 0 Å². The van der Waals surface area contributed by atoms with Gasteiger partial charge in [-0.1, -0.05) is 11.6 Å². The van der Waals surface area contributed by atoms with Gasteiger partial charge in [0.05, 0.1) is 16.0 Å². The Morgan fingerprint density at radius 2 is 2.39 bits per heavy atom. The van der Waals surface area contributed by atoms with Crippen LogP contribution in [0.1, 0.15) is 19.8 Å². The van der Waals surface area contributed by atoms with E-state index in [1.807, 2.05) is 6.92 Å². The van der Waals surface area contributed by atoms with Crippen LogP contribution in [0, 0.1) is 10.1 Å². The zero-order valence-corrected chi connectivity index (χ0v) is 10.7. The van der Waals surface area contributed by atoms with Crippen LogP contribution in [0.4, 0.5) is 11.5 Å². The van der Waals surface area contributed by atoms with Crippen LogP contribution in [-0.2, 0) is 4.74 Å². The molecular formula is C11H14ClN3O3. The molecule has 0 saturated heterocycles. The minimum absolute atomic E-state index is 0.0950. The molecule has 2 rings (SSSR count). The summed E-state index contributed by atoms with van der Waals surface area (Å²) in [4.78, 5) is 14.4. The highest BCUT2D eigenvalue weighted by Gasteiger charge is 2.31. The molecule has 0 amide bonds. The quantitative estimate of drug-likeness (QED) is 0.658. The summed E-state index contributed by atoms with van der Waals surface area (Å²) in [7, 11) is 0. The van der Waals surface area contributed by atoms with E-state index in [2.05, 4.69) is 10.3 Å². The number of halogens is 1. The molecule has 6 nitrogen and oxygen atoms in total. The van der Waals surface area contributed by atoms with Gasteiger partial charge >= 0.3 is 5.69 Å². The van der Waals surface area contributed by atoms with E-state index in [9.17, 15) is 10.1 Å². The van der Waals surface area contributed by atoms with Gasteiger partial charge in [-0.2, -0.15) is 0 Å². The lowest BCUT2D eigenvalue weighted by Gasteiger charge is -2.35. The number of nitrogens with zero attached hydrogens (tertiary/aromatic N) is 2. The molecule has 1 aromatic heterocycles. The smallest absolute Gasteiger partial charge is 0.312 e. The van der Waals surface area contributed by atoms with Gasteiger partial charge in [0.15, 0.2) is 0 Å². The van der Waals surface area contributed by atoms with Crippen molar-refractivity contribution in [3.63, 3.8) is 0 Å². The molecule has 7 heteroatoms. The van der Waals surface area contributed by atoms with E-state index in [0.717, 1.165) is 12.8 Å². The predicted octanol–water partition coefficient (Wildman–Crippen LogP) is 2.62. The molecule has 0 bridgehead atoms. The van der Waals surface area contributed by atoms with Crippen LogP contribution in [0.2, 0.25) is 5.02 Å². The second-order valence-electron chi connectivity index (χ2n) is 4.17. The third-order valence-corrected chi connectivity index (χ3v) is 3.08. The molecular weight excluding hydrogens is 258 g/mol. The Balaban J connectivity index is 2.00. The van der Waals surface area contributed by atoms with Crippen molar-refractivity contribution in [2.75, 3.05) is 11.9 Å². The Bertz CT molecular complexity index is 449. The Labute approximate surface area is 109 Å². The third kappa shape index (κ3) is 2.88. The standard InChI is InChI=1S/C11H14ClN3O3/c1-2-18-9-4-8(5-9)14-11-10(15(16)17)3-7(12)6-13-11/h3,6,8-9H,2,4-5H2,1H3,(H,13,14). The maximum Gasteiger partial charge on any atom is 0.312 e. The number of anilines is 1. The summed E-state index contributed by atoms with van der Waals surface area (Å²) in [5.41, 5.74) is -0.0950. The van der Waals surface area contributed by atoms with E-state index in [0.29, 0.717) is 6.61 Å². The molecule has 18 heavy (non-hydrogen) atoms. The van der Waals surface area contributed by atoms with Crippen LogP contribution >= 0.6 is 11.6 Å². The number of hydrogen-bond acceptors (Lipinski definition) is 5. The maximum atomic E-state index is 10.9. The number of ether oxygens (including phenoxy) is 1. The summed E-state index contributed by atoms with van der Waals surface area (Å²) in [5, 5.41) is 14.2. The van der Waals surface area contributed by atoms with Gasteiger partial charge in [-0.25, -0.2) is 4.98 Å². The molecule has 1 aliphatic rings. The number of hydrogen-bond donors (Lipinski definition) is 1. The van der Waals surface area contributed by atoms with Crippen LogP contribution < -0.4 is 5.32 Å². The average molecular weight is 272 g/mol. The Morgan fingerprint density at radius 3 is 3.00 bits per heavy atom. The third-order valence-electron chi connectivity index (χ3n) is 2.87. The lowest BCUT2D eigenvalue weighted by atomic mass is 9.89. The summed E-state index contributed by atoms with van der Waals surface area (Å²) in [6.45, 7) is 2.64. The fourth-order valence-corrected chi connectivity index (χ4v) is 2.08. The van der Waals surface area contributed by atoms with Gasteiger partial charge < -0.3 is 10.1 Å². The molecule has 1 fully saturated rings. The highest BCUT2D eigenvalue weighted by molar-refractivity contribution is 6.30. The largest absolute Gasteiger partial charge is 0.378 e. The summed E-state index contributed by atoms with van der Waals surface area (Å²) in [6, 6.07) is 1.48. The van der Waals surface area contributed by atoms with Crippen molar-refractivity contribution in [3.8, 4) is 0 Å². The maximum absolute atomic E-state index is 10.9. The van der Waals surface area contributed by atoms with Gasteiger partial charge in [-0.3, -0.25) is 10.1 Å². The van der Waals surface area contributed by atoms with E-state index in [1.165, 1.54) is 12.3 Å². The minimum Gasteiger partial charge on any atom is -0.378 e. The normalized spacial score (nSPS) is 22.3. The summed E-state index contributed by atoms with van der Waals surface area (Å²) in [6.07, 6.45) is 3.33. The Hall–Kier alpha value is -1.40. The van der Waals surface area contributed by atoms with Crippen LogP contribution in [0.15, 0.2) is 12.3 Å². The highest BCUT2D eigenvalue weighted by atomic mass is 35.5. The lowest BCUT2D eigenvalue weighted by Crippen LogP contribution is -2.41. The molecule has 0 atom stereocenters. The first-order valence-corrected chi connectivity index (χ1v) is 6.16. The Morgan fingerprint density at radius 1 is 1.67 bits per heavy atom. The highest BCUT2D eigenvalue weighted by Crippen LogP contribution is 2.31. The molecule has 0 unspecified atom stereocenters. The van der Waals surface area contributed by atoms with Crippen LogP contribution in [0.5, 0.6) is 0 Å². The molecule has 1 saturated carbocycles. The molecule has 0 spiro atoms. The van der Waals surface area contributed by atoms with Crippen molar-refractivity contribution >= 4 is 23.1 Å². The molecule has 1 aliphatic carbocycles.